The minimum atomic E-state index is -0.524. The van der Waals surface area contributed by atoms with Gasteiger partial charge >= 0.3 is 0 Å². The number of carbonyl (C=O) groups is 1. The lowest BCUT2D eigenvalue weighted by Gasteiger charge is -2.17. The minimum absolute atomic E-state index is 0.137. The molecular weight excluding hydrogens is 444 g/mol. The van der Waals surface area contributed by atoms with Gasteiger partial charge < -0.3 is 5.32 Å². The highest BCUT2D eigenvalue weighted by Gasteiger charge is 2.20. The van der Waals surface area contributed by atoms with Gasteiger partial charge in [0.05, 0.1) is 28.4 Å². The molecule has 1 unspecified atom stereocenters. The van der Waals surface area contributed by atoms with Gasteiger partial charge in [-0.15, -0.1) is 0 Å². The topological polar surface area (TPSA) is 76.9 Å². The van der Waals surface area contributed by atoms with Crippen molar-refractivity contribution in [3.8, 4) is 0 Å². The summed E-state index contributed by atoms with van der Waals surface area (Å²) in [4.78, 5) is 34.8. The highest BCUT2D eigenvalue weighted by molar-refractivity contribution is 8.00. The second kappa shape index (κ2) is 9.54. The number of fused-ring (bicyclic) bond motifs is 1. The van der Waals surface area contributed by atoms with Crippen LogP contribution in [0.2, 0.25) is 5.15 Å². The standard InChI is InChI=1S/C24H21ClN4O2S/c1-15-9-11-17(12-10-15)14-29-23(31)18-6-3-4-7-19(18)28-24(29)32-16(2)22(30)27-20-8-5-13-26-21(20)25/h3-13,16H,14H2,1-2H3,(H,27,30). The van der Waals surface area contributed by atoms with Crippen LogP contribution in [-0.4, -0.2) is 25.7 Å². The number of pyridine rings is 1. The number of benzene rings is 2. The van der Waals surface area contributed by atoms with E-state index in [1.165, 1.54) is 11.8 Å². The van der Waals surface area contributed by atoms with Crippen LogP contribution in [0, 0.1) is 6.92 Å². The first kappa shape index (κ1) is 22.0. The largest absolute Gasteiger partial charge is 0.322 e. The van der Waals surface area contributed by atoms with Crippen molar-refractivity contribution < 1.29 is 4.79 Å². The number of aromatic nitrogens is 3. The Hall–Kier alpha value is -3.16. The van der Waals surface area contributed by atoms with E-state index < -0.39 is 5.25 Å². The molecule has 1 N–H and O–H groups in total. The fourth-order valence-corrected chi connectivity index (χ4v) is 4.25. The number of nitrogens with zero attached hydrogens (tertiary/aromatic N) is 3. The first-order valence-electron chi connectivity index (χ1n) is 10.1. The maximum atomic E-state index is 13.3. The monoisotopic (exact) mass is 464 g/mol. The number of rotatable bonds is 6. The predicted molar refractivity (Wildman–Crippen MR) is 129 cm³/mol. The van der Waals surface area contributed by atoms with Gasteiger partial charge in [0, 0.05) is 6.20 Å². The Labute approximate surface area is 194 Å². The summed E-state index contributed by atoms with van der Waals surface area (Å²) >= 11 is 7.29. The van der Waals surface area contributed by atoms with Gasteiger partial charge in [0.1, 0.15) is 0 Å². The minimum Gasteiger partial charge on any atom is -0.322 e. The molecular formula is C24H21ClN4O2S. The lowest BCUT2D eigenvalue weighted by molar-refractivity contribution is -0.115. The van der Waals surface area contributed by atoms with E-state index in [1.54, 1.807) is 42.0 Å². The number of aryl methyl sites for hydroxylation is 1. The van der Waals surface area contributed by atoms with Gasteiger partial charge in [0.25, 0.3) is 5.56 Å². The first-order valence-corrected chi connectivity index (χ1v) is 11.3. The second-order valence-corrected chi connectivity index (χ2v) is 9.05. The second-order valence-electron chi connectivity index (χ2n) is 7.38. The van der Waals surface area contributed by atoms with Crippen LogP contribution in [0.25, 0.3) is 10.9 Å². The van der Waals surface area contributed by atoms with Crippen molar-refractivity contribution in [2.24, 2.45) is 0 Å². The van der Waals surface area contributed by atoms with E-state index in [4.69, 9.17) is 16.6 Å². The number of anilines is 1. The smallest absolute Gasteiger partial charge is 0.262 e. The molecule has 0 saturated carbocycles. The molecule has 0 fully saturated rings. The van der Waals surface area contributed by atoms with Gasteiger partial charge in [0.15, 0.2) is 10.3 Å². The highest BCUT2D eigenvalue weighted by Crippen LogP contribution is 2.25. The fourth-order valence-electron chi connectivity index (χ4n) is 3.18. The van der Waals surface area contributed by atoms with E-state index in [9.17, 15) is 9.59 Å². The normalized spacial score (nSPS) is 12.0. The summed E-state index contributed by atoms with van der Waals surface area (Å²) in [5.41, 5.74) is 3.03. The quantitative estimate of drug-likeness (QED) is 0.249. The number of hydrogen-bond donors (Lipinski definition) is 1. The molecule has 1 atom stereocenters. The summed E-state index contributed by atoms with van der Waals surface area (Å²) in [5.74, 6) is -0.255. The molecule has 2 aromatic heterocycles. The molecule has 6 nitrogen and oxygen atoms in total. The maximum Gasteiger partial charge on any atom is 0.262 e. The van der Waals surface area contributed by atoms with Gasteiger partial charge in [0.2, 0.25) is 5.91 Å². The van der Waals surface area contributed by atoms with E-state index in [0.29, 0.717) is 28.3 Å². The van der Waals surface area contributed by atoms with Crippen LogP contribution in [0.15, 0.2) is 76.8 Å². The van der Waals surface area contributed by atoms with Gasteiger partial charge in [-0.3, -0.25) is 14.2 Å². The zero-order chi connectivity index (χ0) is 22.7. The molecule has 0 aliphatic rings. The number of hydrogen-bond acceptors (Lipinski definition) is 5. The summed E-state index contributed by atoms with van der Waals surface area (Å²) in [6, 6.07) is 18.6. The van der Waals surface area contributed by atoms with Crippen LogP contribution in [0.1, 0.15) is 18.1 Å². The van der Waals surface area contributed by atoms with Crippen LogP contribution in [-0.2, 0) is 11.3 Å². The Bertz CT molecular complexity index is 1340. The fraction of sp³-hybridized carbons (Fsp3) is 0.167. The first-order chi connectivity index (χ1) is 15.4. The van der Waals surface area contributed by atoms with Crippen molar-refractivity contribution in [1.82, 2.24) is 14.5 Å². The zero-order valence-electron chi connectivity index (χ0n) is 17.6. The van der Waals surface area contributed by atoms with Crippen LogP contribution < -0.4 is 10.9 Å². The van der Waals surface area contributed by atoms with Crippen molar-refractivity contribution in [3.05, 3.63) is 93.5 Å². The SMILES string of the molecule is Cc1ccc(Cn2c(SC(C)C(=O)Nc3cccnc3Cl)nc3ccccc3c2=O)cc1. The average molecular weight is 465 g/mol. The predicted octanol–water partition coefficient (Wildman–Crippen LogP) is 4.92. The maximum absolute atomic E-state index is 13.3. The van der Waals surface area contributed by atoms with E-state index in [1.807, 2.05) is 43.3 Å². The third kappa shape index (κ3) is 4.84. The van der Waals surface area contributed by atoms with Crippen molar-refractivity contribution in [2.45, 2.75) is 30.8 Å². The molecule has 4 aromatic rings. The van der Waals surface area contributed by atoms with Gasteiger partial charge in [-0.2, -0.15) is 0 Å². The lowest BCUT2D eigenvalue weighted by Crippen LogP contribution is -2.27. The average Bonchev–Trinajstić information content (AvgIpc) is 2.79. The van der Waals surface area contributed by atoms with Crippen LogP contribution in [0.5, 0.6) is 0 Å². The Balaban J connectivity index is 1.67. The number of amides is 1. The summed E-state index contributed by atoms with van der Waals surface area (Å²) < 4.78 is 1.62. The molecule has 2 heterocycles. The number of nitrogens with one attached hydrogen (secondary N) is 1. The zero-order valence-corrected chi connectivity index (χ0v) is 19.2. The van der Waals surface area contributed by atoms with Crippen molar-refractivity contribution in [2.75, 3.05) is 5.32 Å². The Morgan fingerprint density at radius 1 is 1.12 bits per heavy atom. The molecule has 32 heavy (non-hydrogen) atoms. The highest BCUT2D eigenvalue weighted by atomic mass is 35.5. The third-order valence-electron chi connectivity index (χ3n) is 4.96. The van der Waals surface area contributed by atoms with Gasteiger partial charge in [-0.25, -0.2) is 9.97 Å². The molecule has 0 aliphatic carbocycles. The van der Waals surface area contributed by atoms with Crippen molar-refractivity contribution in [3.63, 3.8) is 0 Å². The summed E-state index contributed by atoms with van der Waals surface area (Å²) in [7, 11) is 0. The molecule has 2 aromatic carbocycles. The molecule has 4 rings (SSSR count). The summed E-state index contributed by atoms with van der Waals surface area (Å²) in [6.07, 6.45) is 1.55. The van der Waals surface area contributed by atoms with E-state index in [2.05, 4.69) is 10.3 Å². The molecule has 0 radical (unpaired) electrons. The lowest BCUT2D eigenvalue weighted by atomic mass is 10.1. The van der Waals surface area contributed by atoms with E-state index in [-0.39, 0.29) is 16.6 Å². The van der Waals surface area contributed by atoms with E-state index >= 15 is 0 Å². The molecule has 0 bridgehead atoms. The van der Waals surface area contributed by atoms with Crippen LogP contribution >= 0.6 is 23.4 Å². The molecule has 1 amide bonds. The van der Waals surface area contributed by atoms with Gasteiger partial charge in [-0.1, -0.05) is 65.3 Å². The number of halogens is 1. The number of carbonyl (C=O) groups excluding carboxylic acids is 1. The Morgan fingerprint density at radius 3 is 2.62 bits per heavy atom. The van der Waals surface area contributed by atoms with Gasteiger partial charge in [-0.05, 0) is 43.7 Å². The summed E-state index contributed by atoms with van der Waals surface area (Å²) in [5, 5.41) is 3.51. The van der Waals surface area contributed by atoms with Crippen LogP contribution in [0.3, 0.4) is 0 Å². The number of para-hydroxylation sites is 1. The Morgan fingerprint density at radius 2 is 1.88 bits per heavy atom. The van der Waals surface area contributed by atoms with Crippen molar-refractivity contribution >= 4 is 45.9 Å². The molecule has 0 saturated heterocycles. The molecule has 0 spiro atoms. The summed E-state index contributed by atoms with van der Waals surface area (Å²) in [6.45, 7) is 4.15. The van der Waals surface area contributed by atoms with E-state index in [0.717, 1.165) is 11.1 Å². The molecule has 162 valence electrons. The molecule has 8 heteroatoms. The van der Waals surface area contributed by atoms with Crippen LogP contribution in [0.4, 0.5) is 5.69 Å². The van der Waals surface area contributed by atoms with Crippen molar-refractivity contribution in [1.29, 1.82) is 0 Å². The Kier molecular flexibility index (Phi) is 6.58. The third-order valence-corrected chi connectivity index (χ3v) is 6.35. The molecule has 0 aliphatic heterocycles. The number of thioether (sulfide) groups is 1.